The fraction of sp³-hybridized carbons (Fsp3) is 0.360. The van der Waals surface area contributed by atoms with Crippen LogP contribution in [-0.4, -0.2) is 25.5 Å². The number of Topliss-reactive ketones (excluding diaryl/α,β-unsaturated/α-hetero) is 1. The number of methoxy groups -OCH3 is 1. The minimum atomic E-state index is -0.538. The standard InChI is InChI=1S/C25H27NO6/c1-4-30-25(28)22-15(2)26-19-6-5-7-20(27)23(19)24(22)21-13-12-18(32-21)14-31-17-10-8-16(29-3)9-11-17/h6,8-13,23-24,26H,4-5,7,14H2,1-3H3. The number of hydrogen-bond acceptors (Lipinski definition) is 7. The molecule has 0 fully saturated rings. The Balaban J connectivity index is 1.61. The number of furan rings is 1. The summed E-state index contributed by atoms with van der Waals surface area (Å²) in [6.07, 6.45) is 3.16. The topological polar surface area (TPSA) is 87.0 Å². The third-order valence-electron chi connectivity index (χ3n) is 5.74. The van der Waals surface area contributed by atoms with E-state index in [1.165, 1.54) is 0 Å². The van der Waals surface area contributed by atoms with Crippen molar-refractivity contribution in [1.82, 2.24) is 5.32 Å². The Morgan fingerprint density at radius 2 is 1.88 bits per heavy atom. The van der Waals surface area contributed by atoms with Gasteiger partial charge in [0.05, 0.1) is 31.1 Å². The molecule has 32 heavy (non-hydrogen) atoms. The summed E-state index contributed by atoms with van der Waals surface area (Å²) in [7, 11) is 1.61. The normalized spacial score (nSPS) is 20.2. The highest BCUT2D eigenvalue weighted by atomic mass is 16.5. The molecule has 7 nitrogen and oxygen atoms in total. The zero-order valence-corrected chi connectivity index (χ0v) is 18.5. The zero-order chi connectivity index (χ0) is 22.7. The molecular formula is C25H27NO6. The van der Waals surface area contributed by atoms with Gasteiger partial charge in [-0.1, -0.05) is 6.08 Å². The van der Waals surface area contributed by atoms with Crippen LogP contribution in [-0.2, 0) is 20.9 Å². The molecule has 2 unspecified atom stereocenters. The molecule has 1 aliphatic carbocycles. The van der Waals surface area contributed by atoms with Gasteiger partial charge in [0.15, 0.2) is 0 Å². The maximum absolute atomic E-state index is 12.9. The van der Waals surface area contributed by atoms with Crippen molar-refractivity contribution in [3.8, 4) is 11.5 Å². The Kier molecular flexibility index (Phi) is 6.35. The number of esters is 1. The first-order valence-corrected chi connectivity index (χ1v) is 10.7. The summed E-state index contributed by atoms with van der Waals surface area (Å²) in [4.78, 5) is 25.7. The zero-order valence-electron chi connectivity index (χ0n) is 18.5. The Bertz CT molecular complexity index is 1060. The largest absolute Gasteiger partial charge is 0.497 e. The maximum Gasteiger partial charge on any atom is 0.336 e. The number of rotatable bonds is 7. The van der Waals surface area contributed by atoms with Gasteiger partial charge >= 0.3 is 5.97 Å². The molecule has 7 heteroatoms. The molecule has 2 heterocycles. The Labute approximate surface area is 187 Å². The second kappa shape index (κ2) is 9.34. The molecule has 4 rings (SSSR count). The van der Waals surface area contributed by atoms with Crippen molar-refractivity contribution < 1.29 is 28.2 Å². The highest BCUT2D eigenvalue weighted by molar-refractivity contribution is 5.95. The summed E-state index contributed by atoms with van der Waals surface area (Å²) in [6.45, 7) is 4.06. The maximum atomic E-state index is 12.9. The van der Waals surface area contributed by atoms with Crippen molar-refractivity contribution in [3.05, 3.63) is 71.0 Å². The van der Waals surface area contributed by atoms with Gasteiger partial charge in [-0.3, -0.25) is 4.79 Å². The molecule has 0 saturated heterocycles. The fourth-order valence-electron chi connectivity index (χ4n) is 4.26. The predicted octanol–water partition coefficient (Wildman–Crippen LogP) is 4.25. The number of ketones is 1. The molecule has 0 saturated carbocycles. The SMILES string of the molecule is CCOC(=O)C1=C(C)NC2=CCCC(=O)C2C1c1ccc(COc2ccc(OC)cc2)o1. The average Bonchev–Trinajstić information content (AvgIpc) is 3.26. The number of hydrogen-bond donors (Lipinski definition) is 1. The van der Waals surface area contributed by atoms with Crippen LogP contribution in [0.5, 0.6) is 11.5 Å². The smallest absolute Gasteiger partial charge is 0.336 e. The molecule has 1 aliphatic heterocycles. The van der Waals surface area contributed by atoms with Crippen molar-refractivity contribution in [2.45, 2.75) is 39.2 Å². The molecule has 1 N–H and O–H groups in total. The van der Waals surface area contributed by atoms with E-state index in [1.807, 2.05) is 49.4 Å². The van der Waals surface area contributed by atoms with E-state index in [9.17, 15) is 9.59 Å². The lowest BCUT2D eigenvalue weighted by atomic mass is 9.73. The third kappa shape index (κ3) is 4.28. The Morgan fingerprint density at radius 3 is 2.59 bits per heavy atom. The number of fused-ring (bicyclic) bond motifs is 1. The van der Waals surface area contributed by atoms with Crippen LogP contribution in [0, 0.1) is 5.92 Å². The molecule has 2 atom stereocenters. The van der Waals surface area contributed by atoms with E-state index in [-0.39, 0.29) is 19.0 Å². The molecule has 0 bridgehead atoms. The highest BCUT2D eigenvalue weighted by Crippen LogP contribution is 2.44. The van der Waals surface area contributed by atoms with Crippen LogP contribution in [0.4, 0.5) is 0 Å². The van der Waals surface area contributed by atoms with Gasteiger partial charge in [0.1, 0.15) is 35.4 Å². The van der Waals surface area contributed by atoms with Crippen molar-refractivity contribution in [2.75, 3.05) is 13.7 Å². The van der Waals surface area contributed by atoms with Gasteiger partial charge in [-0.2, -0.15) is 0 Å². The van der Waals surface area contributed by atoms with Crippen molar-refractivity contribution >= 4 is 11.8 Å². The fourth-order valence-corrected chi connectivity index (χ4v) is 4.26. The highest BCUT2D eigenvalue weighted by Gasteiger charge is 2.44. The summed E-state index contributed by atoms with van der Waals surface area (Å²) in [5, 5.41) is 3.24. The minimum absolute atomic E-state index is 0.0849. The summed E-state index contributed by atoms with van der Waals surface area (Å²) in [5.41, 5.74) is 1.93. The molecule has 1 aromatic heterocycles. The molecule has 168 valence electrons. The molecule has 0 amide bonds. The molecule has 2 aromatic rings. The van der Waals surface area contributed by atoms with Gasteiger partial charge in [-0.05, 0) is 56.7 Å². The monoisotopic (exact) mass is 437 g/mol. The number of benzene rings is 1. The number of nitrogens with one attached hydrogen (secondary N) is 1. The van der Waals surface area contributed by atoms with Gasteiger partial charge in [0, 0.05) is 17.8 Å². The lowest BCUT2D eigenvalue weighted by Gasteiger charge is -2.36. The van der Waals surface area contributed by atoms with Crippen LogP contribution in [0.25, 0.3) is 0 Å². The molecule has 0 spiro atoms. The second-order valence-corrected chi connectivity index (χ2v) is 7.77. The van der Waals surface area contributed by atoms with E-state index in [4.69, 9.17) is 18.6 Å². The van der Waals surface area contributed by atoms with Crippen molar-refractivity contribution in [1.29, 1.82) is 0 Å². The number of allylic oxidation sites excluding steroid dienone is 3. The summed E-state index contributed by atoms with van der Waals surface area (Å²) in [5.74, 6) is 1.20. The first kappa shape index (κ1) is 21.7. The molecule has 1 aromatic carbocycles. The van der Waals surface area contributed by atoms with Crippen LogP contribution < -0.4 is 14.8 Å². The Hall–Kier alpha value is -3.48. The van der Waals surface area contributed by atoms with E-state index in [1.54, 1.807) is 14.0 Å². The quantitative estimate of drug-likeness (QED) is 0.648. The minimum Gasteiger partial charge on any atom is -0.497 e. The van der Waals surface area contributed by atoms with Gasteiger partial charge in [-0.25, -0.2) is 4.79 Å². The van der Waals surface area contributed by atoms with E-state index >= 15 is 0 Å². The van der Waals surface area contributed by atoms with Gasteiger partial charge in [0.25, 0.3) is 0 Å². The molecule has 0 radical (unpaired) electrons. The van der Waals surface area contributed by atoms with Gasteiger partial charge in [-0.15, -0.1) is 0 Å². The van der Waals surface area contributed by atoms with Gasteiger partial charge in [0.2, 0.25) is 0 Å². The van der Waals surface area contributed by atoms with E-state index in [0.717, 1.165) is 11.4 Å². The van der Waals surface area contributed by atoms with Crippen LogP contribution >= 0.6 is 0 Å². The molecular weight excluding hydrogens is 410 g/mol. The summed E-state index contributed by atoms with van der Waals surface area (Å²) in [6, 6.07) is 10.9. The van der Waals surface area contributed by atoms with Crippen LogP contribution in [0.15, 0.2) is 63.9 Å². The van der Waals surface area contributed by atoms with Crippen molar-refractivity contribution in [2.24, 2.45) is 5.92 Å². The number of carbonyl (C=O) groups excluding carboxylic acids is 2. The van der Waals surface area contributed by atoms with Crippen molar-refractivity contribution in [3.63, 3.8) is 0 Å². The Morgan fingerprint density at radius 1 is 1.12 bits per heavy atom. The summed E-state index contributed by atoms with van der Waals surface area (Å²) >= 11 is 0. The van der Waals surface area contributed by atoms with Crippen LogP contribution in [0.1, 0.15) is 44.1 Å². The molecule has 2 aliphatic rings. The van der Waals surface area contributed by atoms with Crippen LogP contribution in [0.3, 0.4) is 0 Å². The first-order chi connectivity index (χ1) is 15.5. The van der Waals surface area contributed by atoms with E-state index in [0.29, 0.717) is 41.4 Å². The summed E-state index contributed by atoms with van der Waals surface area (Å²) < 4.78 is 22.4. The predicted molar refractivity (Wildman–Crippen MR) is 117 cm³/mol. The first-order valence-electron chi connectivity index (χ1n) is 10.7. The van der Waals surface area contributed by atoms with E-state index < -0.39 is 17.8 Å². The van der Waals surface area contributed by atoms with Gasteiger partial charge < -0.3 is 23.9 Å². The van der Waals surface area contributed by atoms with E-state index in [2.05, 4.69) is 5.32 Å². The average molecular weight is 437 g/mol. The second-order valence-electron chi connectivity index (χ2n) is 7.77. The van der Waals surface area contributed by atoms with Crippen LogP contribution in [0.2, 0.25) is 0 Å². The number of ether oxygens (including phenoxy) is 3. The lowest BCUT2D eigenvalue weighted by molar-refractivity contribution is -0.139. The number of carbonyl (C=O) groups is 2. The third-order valence-corrected chi connectivity index (χ3v) is 5.74. The lowest BCUT2D eigenvalue weighted by Crippen LogP contribution is -2.40.